The number of imide groups is 1. The lowest BCUT2D eigenvalue weighted by Crippen LogP contribution is -2.58. The molecule has 1 aromatic rings. The predicted octanol–water partition coefficient (Wildman–Crippen LogP) is 1.79. The van der Waals surface area contributed by atoms with Gasteiger partial charge in [-0.2, -0.15) is 0 Å². The minimum absolute atomic E-state index is 0.489. The lowest BCUT2D eigenvalue weighted by atomic mass is 9.77. The highest BCUT2D eigenvalue weighted by Gasteiger charge is 2.70. The van der Waals surface area contributed by atoms with Crippen molar-refractivity contribution in [2.24, 2.45) is 11.8 Å². The van der Waals surface area contributed by atoms with Crippen LogP contribution in [0, 0.1) is 11.8 Å². The maximum atomic E-state index is 13.2. The summed E-state index contributed by atoms with van der Waals surface area (Å²) >= 11 is 3.32. The van der Waals surface area contributed by atoms with Crippen LogP contribution in [0.1, 0.15) is 38.8 Å². The molecule has 4 unspecified atom stereocenters. The quantitative estimate of drug-likeness (QED) is 0.594. The SMILES string of the molecule is CC(C)(C)N1C(=O)C2C(c3ccc(Br)cc3)NC(CC(=O)O)(C(=O)O)C2C1=O. The monoisotopic (exact) mass is 452 g/mol. The van der Waals surface area contributed by atoms with Gasteiger partial charge in [-0.25, -0.2) is 0 Å². The van der Waals surface area contributed by atoms with E-state index < -0.39 is 59.1 Å². The fourth-order valence-corrected chi connectivity index (χ4v) is 4.56. The van der Waals surface area contributed by atoms with E-state index in [0.717, 1.165) is 9.37 Å². The number of carboxylic acids is 2. The summed E-state index contributed by atoms with van der Waals surface area (Å²) in [5.41, 5.74) is -2.30. The maximum absolute atomic E-state index is 13.2. The first-order valence-electron chi connectivity index (χ1n) is 8.76. The molecule has 0 aromatic heterocycles. The average molecular weight is 453 g/mol. The summed E-state index contributed by atoms with van der Waals surface area (Å²) in [5, 5.41) is 22.1. The molecule has 0 radical (unpaired) electrons. The number of aliphatic carboxylic acids is 2. The third kappa shape index (κ3) is 3.02. The molecule has 0 bridgehead atoms. The van der Waals surface area contributed by atoms with Crippen molar-refractivity contribution in [3.05, 3.63) is 34.3 Å². The summed E-state index contributed by atoms with van der Waals surface area (Å²) in [6.45, 7) is 5.06. The molecule has 9 heteroatoms. The number of carbonyl (C=O) groups excluding carboxylic acids is 2. The largest absolute Gasteiger partial charge is 0.481 e. The van der Waals surface area contributed by atoms with Crippen molar-refractivity contribution in [3.8, 4) is 0 Å². The number of carbonyl (C=O) groups is 4. The van der Waals surface area contributed by atoms with E-state index in [2.05, 4.69) is 21.2 Å². The molecule has 4 atom stereocenters. The van der Waals surface area contributed by atoms with Crippen LogP contribution in [0.3, 0.4) is 0 Å². The molecule has 28 heavy (non-hydrogen) atoms. The van der Waals surface area contributed by atoms with Crippen LogP contribution in [0.5, 0.6) is 0 Å². The second-order valence-corrected chi connectivity index (χ2v) is 9.12. The Morgan fingerprint density at radius 3 is 2.18 bits per heavy atom. The van der Waals surface area contributed by atoms with Crippen molar-refractivity contribution in [3.63, 3.8) is 0 Å². The summed E-state index contributed by atoms with van der Waals surface area (Å²) in [6.07, 6.45) is -0.812. The van der Waals surface area contributed by atoms with Crippen molar-refractivity contribution in [2.45, 2.75) is 44.3 Å². The Bertz CT molecular complexity index is 862. The third-order valence-electron chi connectivity index (χ3n) is 5.37. The Kier molecular flexibility index (Phi) is 4.87. The molecule has 0 saturated carbocycles. The molecule has 2 fully saturated rings. The van der Waals surface area contributed by atoms with Gasteiger partial charge in [0.05, 0.1) is 18.3 Å². The standard InChI is InChI=1S/C19H21BrN2O6/c1-18(2,3)22-15(25)12-13(16(22)26)19(17(27)28,8-11(23)24)21-14(12)9-4-6-10(20)7-5-9/h4-7,12-14,21H,8H2,1-3H3,(H,23,24)(H,27,28). The van der Waals surface area contributed by atoms with Gasteiger partial charge in [0.25, 0.3) is 0 Å². The summed E-state index contributed by atoms with van der Waals surface area (Å²) < 4.78 is 0.797. The highest BCUT2D eigenvalue weighted by molar-refractivity contribution is 9.10. The van der Waals surface area contributed by atoms with Crippen LogP contribution in [0.15, 0.2) is 28.7 Å². The van der Waals surface area contributed by atoms with Crippen LogP contribution in [0.4, 0.5) is 0 Å². The number of hydrogen-bond donors (Lipinski definition) is 3. The molecule has 0 spiro atoms. The Balaban J connectivity index is 2.19. The number of fused-ring (bicyclic) bond motifs is 1. The normalized spacial score (nSPS) is 29.9. The van der Waals surface area contributed by atoms with E-state index in [1.807, 2.05) is 0 Å². The molecule has 2 aliphatic heterocycles. The molecule has 1 aromatic carbocycles. The molecule has 0 aliphatic carbocycles. The number of likely N-dealkylation sites (tertiary alicyclic amines) is 1. The van der Waals surface area contributed by atoms with Gasteiger partial charge in [0.1, 0.15) is 5.54 Å². The number of rotatable bonds is 4. The number of amides is 2. The zero-order valence-corrected chi connectivity index (χ0v) is 17.2. The fourth-order valence-electron chi connectivity index (χ4n) is 4.29. The fraction of sp³-hybridized carbons (Fsp3) is 0.474. The number of carboxylic acid groups (broad SMARTS) is 2. The zero-order valence-electron chi connectivity index (χ0n) is 15.6. The Labute approximate surface area is 170 Å². The first kappa shape index (κ1) is 20.5. The molecular formula is C19H21BrN2O6. The van der Waals surface area contributed by atoms with Crippen molar-refractivity contribution in [2.75, 3.05) is 0 Å². The number of hydrogen-bond acceptors (Lipinski definition) is 5. The van der Waals surface area contributed by atoms with E-state index in [1.165, 1.54) is 0 Å². The van der Waals surface area contributed by atoms with E-state index in [1.54, 1.807) is 45.0 Å². The van der Waals surface area contributed by atoms with Crippen LogP contribution in [0.25, 0.3) is 0 Å². The van der Waals surface area contributed by atoms with Gasteiger partial charge in [-0.15, -0.1) is 0 Å². The summed E-state index contributed by atoms with van der Waals surface area (Å²) in [4.78, 5) is 51.2. The topological polar surface area (TPSA) is 124 Å². The van der Waals surface area contributed by atoms with Gasteiger partial charge in [0.2, 0.25) is 11.8 Å². The Morgan fingerprint density at radius 2 is 1.71 bits per heavy atom. The first-order chi connectivity index (χ1) is 12.9. The molecule has 8 nitrogen and oxygen atoms in total. The molecular weight excluding hydrogens is 432 g/mol. The summed E-state index contributed by atoms with van der Waals surface area (Å²) in [5.74, 6) is -6.26. The van der Waals surface area contributed by atoms with Crippen LogP contribution >= 0.6 is 15.9 Å². The first-order valence-corrected chi connectivity index (χ1v) is 9.56. The molecule has 3 rings (SSSR count). The summed E-state index contributed by atoms with van der Waals surface area (Å²) in [6, 6.07) is 6.13. The number of benzene rings is 1. The van der Waals surface area contributed by atoms with Crippen molar-refractivity contribution in [1.29, 1.82) is 0 Å². The molecule has 150 valence electrons. The van der Waals surface area contributed by atoms with Crippen molar-refractivity contribution >= 4 is 39.7 Å². The minimum atomic E-state index is -2.07. The predicted molar refractivity (Wildman–Crippen MR) is 101 cm³/mol. The van der Waals surface area contributed by atoms with E-state index >= 15 is 0 Å². The van der Waals surface area contributed by atoms with Crippen LogP contribution in [-0.2, 0) is 19.2 Å². The Hall–Kier alpha value is -2.26. The maximum Gasteiger partial charge on any atom is 0.325 e. The molecule has 2 saturated heterocycles. The summed E-state index contributed by atoms with van der Waals surface area (Å²) in [7, 11) is 0. The molecule has 2 amide bonds. The van der Waals surface area contributed by atoms with E-state index in [0.29, 0.717) is 5.56 Å². The minimum Gasteiger partial charge on any atom is -0.481 e. The van der Waals surface area contributed by atoms with E-state index in [9.17, 15) is 29.4 Å². The number of nitrogens with zero attached hydrogens (tertiary/aromatic N) is 1. The molecule has 3 N–H and O–H groups in total. The van der Waals surface area contributed by atoms with Gasteiger partial charge in [-0.1, -0.05) is 28.1 Å². The highest BCUT2D eigenvalue weighted by atomic mass is 79.9. The second kappa shape index (κ2) is 6.66. The van der Waals surface area contributed by atoms with Crippen LogP contribution in [0.2, 0.25) is 0 Å². The van der Waals surface area contributed by atoms with Crippen LogP contribution < -0.4 is 5.32 Å². The average Bonchev–Trinajstić information content (AvgIpc) is 3.03. The van der Waals surface area contributed by atoms with Gasteiger partial charge < -0.3 is 10.2 Å². The zero-order chi connectivity index (χ0) is 21.0. The lowest BCUT2D eigenvalue weighted by molar-refractivity contribution is -0.157. The number of halogens is 1. The van der Waals surface area contributed by atoms with Crippen molar-refractivity contribution < 1.29 is 29.4 Å². The third-order valence-corrected chi connectivity index (χ3v) is 5.89. The lowest BCUT2D eigenvalue weighted by Gasteiger charge is -2.34. The van der Waals surface area contributed by atoms with Crippen molar-refractivity contribution in [1.82, 2.24) is 10.2 Å². The Morgan fingerprint density at radius 1 is 1.14 bits per heavy atom. The number of nitrogens with one attached hydrogen (secondary N) is 1. The second-order valence-electron chi connectivity index (χ2n) is 8.21. The van der Waals surface area contributed by atoms with Gasteiger partial charge in [0.15, 0.2) is 0 Å². The van der Waals surface area contributed by atoms with Gasteiger partial charge in [0, 0.05) is 16.1 Å². The molecule has 2 heterocycles. The van der Waals surface area contributed by atoms with Gasteiger partial charge >= 0.3 is 11.9 Å². The molecule has 2 aliphatic rings. The highest BCUT2D eigenvalue weighted by Crippen LogP contribution is 2.51. The van der Waals surface area contributed by atoms with E-state index in [4.69, 9.17) is 0 Å². The van der Waals surface area contributed by atoms with Gasteiger partial charge in [-0.3, -0.25) is 29.4 Å². The smallest absolute Gasteiger partial charge is 0.325 e. The van der Waals surface area contributed by atoms with Crippen LogP contribution in [-0.4, -0.2) is 49.9 Å². The van der Waals surface area contributed by atoms with Gasteiger partial charge in [-0.05, 0) is 38.5 Å². The van der Waals surface area contributed by atoms with E-state index in [-0.39, 0.29) is 0 Å².